The number of nitrogens with zero attached hydrogens (tertiary/aromatic N) is 1. The Morgan fingerprint density at radius 3 is 2.48 bits per heavy atom. The summed E-state index contributed by atoms with van der Waals surface area (Å²) < 4.78 is 10.1. The van der Waals surface area contributed by atoms with Gasteiger partial charge in [-0.15, -0.1) is 0 Å². The molecule has 0 fully saturated rings. The monoisotopic (exact) mass is 365 g/mol. The Morgan fingerprint density at radius 1 is 1.32 bits per heavy atom. The van der Waals surface area contributed by atoms with E-state index < -0.39 is 11.6 Å². The van der Waals surface area contributed by atoms with Gasteiger partial charge in [0.2, 0.25) is 0 Å². The number of hydrogen-bond acceptors (Lipinski definition) is 4. The molecule has 0 unspecified atom stereocenters. The fraction of sp³-hybridized carbons (Fsp3) is 0.333. The fourth-order valence-electron chi connectivity index (χ4n) is 2.54. The Bertz CT molecular complexity index is 778. The third-order valence-electron chi connectivity index (χ3n) is 3.65. The number of carbonyl (C=O) groups excluding carboxylic acids is 1. The molecule has 0 aliphatic carbocycles. The van der Waals surface area contributed by atoms with Gasteiger partial charge in [-0.05, 0) is 44.5 Å². The van der Waals surface area contributed by atoms with Crippen LogP contribution in [0.1, 0.15) is 36.7 Å². The number of ether oxygens (including phenoxy) is 1. The Hall–Kier alpha value is -2.47. The minimum atomic E-state index is -1.13. The minimum absolute atomic E-state index is 0.0117. The second-order valence-corrected chi connectivity index (χ2v) is 6.92. The van der Waals surface area contributed by atoms with E-state index in [0.29, 0.717) is 22.6 Å². The number of rotatable bonds is 5. The molecule has 6 nitrogen and oxygen atoms in total. The van der Waals surface area contributed by atoms with Gasteiger partial charge in [0.15, 0.2) is 5.78 Å². The van der Waals surface area contributed by atoms with Crippen molar-refractivity contribution < 1.29 is 23.8 Å². The lowest BCUT2D eigenvalue weighted by molar-refractivity contribution is 0.0992. The standard InChI is InChI=1S/C18H20ClNO5/c1-18(2,3)20(17(22)23)14-9-13(19)16(24-4)8-12(14)7-15(21)11-5-6-25-10-11/h5-6,8-10H,7H2,1-4H3,(H,22,23). The van der Waals surface area contributed by atoms with E-state index in [-0.39, 0.29) is 17.2 Å². The van der Waals surface area contributed by atoms with Gasteiger partial charge in [0, 0.05) is 12.0 Å². The second kappa shape index (κ2) is 7.19. The molecule has 0 aliphatic rings. The summed E-state index contributed by atoms with van der Waals surface area (Å²) in [6.07, 6.45) is 1.62. The van der Waals surface area contributed by atoms with Crippen LogP contribution in [0.4, 0.5) is 10.5 Å². The number of amides is 1. The van der Waals surface area contributed by atoms with Crippen molar-refractivity contribution in [1.29, 1.82) is 0 Å². The number of furan rings is 1. The van der Waals surface area contributed by atoms with Crippen molar-refractivity contribution in [2.24, 2.45) is 0 Å². The van der Waals surface area contributed by atoms with Crippen molar-refractivity contribution in [3.05, 3.63) is 46.9 Å². The van der Waals surface area contributed by atoms with Crippen molar-refractivity contribution in [3.8, 4) is 5.75 Å². The van der Waals surface area contributed by atoms with Gasteiger partial charge in [-0.1, -0.05) is 11.6 Å². The molecule has 0 spiro atoms. The number of carboxylic acid groups (broad SMARTS) is 1. The highest BCUT2D eigenvalue weighted by Crippen LogP contribution is 2.36. The highest BCUT2D eigenvalue weighted by atomic mass is 35.5. The Kier molecular flexibility index (Phi) is 5.42. The van der Waals surface area contributed by atoms with Gasteiger partial charge in [-0.3, -0.25) is 9.69 Å². The molecule has 25 heavy (non-hydrogen) atoms. The summed E-state index contributed by atoms with van der Waals surface area (Å²) in [4.78, 5) is 25.5. The van der Waals surface area contributed by atoms with Gasteiger partial charge in [0.1, 0.15) is 12.0 Å². The molecule has 0 bridgehead atoms. The predicted molar refractivity (Wildman–Crippen MR) is 95.0 cm³/mol. The summed E-state index contributed by atoms with van der Waals surface area (Å²) in [6.45, 7) is 5.29. The van der Waals surface area contributed by atoms with Crippen molar-refractivity contribution in [2.45, 2.75) is 32.7 Å². The Labute approximate surface area is 150 Å². The number of anilines is 1. The van der Waals surface area contributed by atoms with E-state index in [4.69, 9.17) is 20.8 Å². The van der Waals surface area contributed by atoms with E-state index >= 15 is 0 Å². The first-order valence-electron chi connectivity index (χ1n) is 7.60. The molecular weight excluding hydrogens is 346 g/mol. The van der Waals surface area contributed by atoms with Crippen LogP contribution in [0.3, 0.4) is 0 Å². The van der Waals surface area contributed by atoms with E-state index in [0.717, 1.165) is 0 Å². The fourth-order valence-corrected chi connectivity index (χ4v) is 2.78. The third kappa shape index (κ3) is 4.14. The zero-order valence-electron chi connectivity index (χ0n) is 14.5. The highest BCUT2D eigenvalue weighted by Gasteiger charge is 2.31. The van der Waals surface area contributed by atoms with Crippen molar-refractivity contribution in [1.82, 2.24) is 0 Å². The molecule has 1 aromatic carbocycles. The molecule has 1 N–H and O–H groups in total. The number of carbonyl (C=O) groups is 2. The van der Waals surface area contributed by atoms with Gasteiger partial charge < -0.3 is 14.3 Å². The van der Waals surface area contributed by atoms with Crippen LogP contribution >= 0.6 is 11.6 Å². The first-order chi connectivity index (χ1) is 11.6. The first kappa shape index (κ1) is 18.9. The molecule has 0 saturated carbocycles. The number of hydrogen-bond donors (Lipinski definition) is 1. The molecule has 0 aliphatic heterocycles. The molecule has 1 amide bonds. The van der Waals surface area contributed by atoms with Gasteiger partial charge in [0.05, 0.1) is 29.6 Å². The van der Waals surface area contributed by atoms with Crippen LogP contribution in [0.15, 0.2) is 35.1 Å². The van der Waals surface area contributed by atoms with Crippen LogP contribution < -0.4 is 9.64 Å². The Morgan fingerprint density at radius 2 is 2.00 bits per heavy atom. The van der Waals surface area contributed by atoms with Gasteiger partial charge in [-0.2, -0.15) is 0 Å². The average molecular weight is 366 g/mol. The highest BCUT2D eigenvalue weighted by molar-refractivity contribution is 6.32. The average Bonchev–Trinajstić information content (AvgIpc) is 3.02. The molecule has 0 radical (unpaired) electrons. The summed E-state index contributed by atoms with van der Waals surface area (Å²) in [5.74, 6) is 0.179. The van der Waals surface area contributed by atoms with Crippen LogP contribution in [-0.4, -0.2) is 29.6 Å². The van der Waals surface area contributed by atoms with Crippen LogP contribution in [0, 0.1) is 0 Å². The number of methoxy groups -OCH3 is 1. The van der Waals surface area contributed by atoms with E-state index in [1.54, 1.807) is 32.9 Å². The van der Waals surface area contributed by atoms with E-state index in [1.165, 1.54) is 30.6 Å². The predicted octanol–water partition coefficient (Wildman–Crippen LogP) is 4.65. The molecule has 1 aromatic heterocycles. The van der Waals surface area contributed by atoms with E-state index in [9.17, 15) is 14.7 Å². The molecule has 134 valence electrons. The maximum atomic E-state index is 12.5. The van der Waals surface area contributed by atoms with Gasteiger partial charge >= 0.3 is 6.09 Å². The summed E-state index contributed by atoms with van der Waals surface area (Å²) in [5.41, 5.74) is 0.543. The first-order valence-corrected chi connectivity index (χ1v) is 7.98. The molecule has 0 saturated heterocycles. The second-order valence-electron chi connectivity index (χ2n) is 6.52. The number of Topliss-reactive ketones (excluding diaryl/α,β-unsaturated/α-hetero) is 1. The third-order valence-corrected chi connectivity index (χ3v) is 3.95. The number of ketones is 1. The van der Waals surface area contributed by atoms with Crippen molar-refractivity contribution in [2.75, 3.05) is 12.0 Å². The van der Waals surface area contributed by atoms with E-state index in [2.05, 4.69) is 0 Å². The summed E-state index contributed by atoms with van der Waals surface area (Å²) in [7, 11) is 1.46. The van der Waals surface area contributed by atoms with E-state index in [1.807, 2.05) is 0 Å². The SMILES string of the molecule is COc1cc(CC(=O)c2ccoc2)c(N(C(=O)O)C(C)(C)C)cc1Cl. The van der Waals surface area contributed by atoms with Gasteiger partial charge in [-0.25, -0.2) is 4.79 Å². The van der Waals surface area contributed by atoms with Crippen LogP contribution in [0.25, 0.3) is 0 Å². The smallest absolute Gasteiger partial charge is 0.412 e. The van der Waals surface area contributed by atoms with Crippen molar-refractivity contribution in [3.63, 3.8) is 0 Å². The van der Waals surface area contributed by atoms with Crippen LogP contribution in [-0.2, 0) is 6.42 Å². The topological polar surface area (TPSA) is 80.0 Å². The quantitative estimate of drug-likeness (QED) is 0.780. The minimum Gasteiger partial charge on any atom is -0.495 e. The summed E-state index contributed by atoms with van der Waals surface area (Å²) >= 11 is 6.19. The van der Waals surface area contributed by atoms with Crippen molar-refractivity contribution >= 4 is 29.2 Å². The molecule has 1 heterocycles. The van der Waals surface area contributed by atoms with Crippen LogP contribution in [0.5, 0.6) is 5.75 Å². The normalized spacial score (nSPS) is 11.2. The zero-order valence-corrected chi connectivity index (χ0v) is 15.3. The zero-order chi connectivity index (χ0) is 18.8. The summed E-state index contributed by atoms with van der Waals surface area (Å²) in [6, 6.07) is 4.67. The largest absolute Gasteiger partial charge is 0.495 e. The molecular formula is C18H20ClNO5. The summed E-state index contributed by atoms with van der Waals surface area (Å²) in [5, 5.41) is 9.94. The number of halogens is 1. The maximum Gasteiger partial charge on any atom is 0.412 e. The lowest BCUT2D eigenvalue weighted by Crippen LogP contribution is -2.45. The maximum absolute atomic E-state index is 12.5. The van der Waals surface area contributed by atoms with Crippen LogP contribution in [0.2, 0.25) is 5.02 Å². The number of benzene rings is 1. The molecule has 7 heteroatoms. The lowest BCUT2D eigenvalue weighted by Gasteiger charge is -2.34. The Balaban J connectivity index is 2.56. The van der Waals surface area contributed by atoms with Gasteiger partial charge in [0.25, 0.3) is 0 Å². The lowest BCUT2D eigenvalue weighted by atomic mass is 9.99. The molecule has 0 atom stereocenters. The molecule has 2 aromatic rings. The molecule has 2 rings (SSSR count).